The van der Waals surface area contributed by atoms with Crippen LogP contribution in [-0.4, -0.2) is 31.3 Å². The van der Waals surface area contributed by atoms with Crippen LogP contribution in [0.25, 0.3) is 16.7 Å². The molecule has 1 N–H and O–H groups in total. The minimum atomic E-state index is -0.248. The van der Waals surface area contributed by atoms with Gasteiger partial charge in [-0.05, 0) is 62.5 Å². The third kappa shape index (κ3) is 3.22. The van der Waals surface area contributed by atoms with Crippen molar-refractivity contribution in [3.63, 3.8) is 0 Å². The van der Waals surface area contributed by atoms with Gasteiger partial charge in [0.25, 0.3) is 5.56 Å². The van der Waals surface area contributed by atoms with Gasteiger partial charge in [0.05, 0.1) is 11.9 Å². The third-order valence-electron chi connectivity index (χ3n) is 7.04. The summed E-state index contributed by atoms with van der Waals surface area (Å²) >= 11 is 0. The number of aryl methyl sites for hydroxylation is 1. The standard InChI is InChI=1S/C23H27N5O2/c1-14-5-3-4-6-20(14)28-22-19(11-25-28)23(30)27(13-24-22)12-21(29)26-15(2)18-10-16-7-8-17(18)9-16/h3-6,11,13,15-18H,7-10,12H2,1-2H3,(H,26,29). The smallest absolute Gasteiger partial charge is 0.264 e. The van der Waals surface area contributed by atoms with Gasteiger partial charge in [-0.3, -0.25) is 14.2 Å². The van der Waals surface area contributed by atoms with Crippen molar-refractivity contribution < 1.29 is 4.79 Å². The number of nitrogens with one attached hydrogen (secondary N) is 1. The van der Waals surface area contributed by atoms with Crippen LogP contribution in [0.1, 0.15) is 38.2 Å². The van der Waals surface area contributed by atoms with Crippen LogP contribution in [0.4, 0.5) is 0 Å². The predicted octanol–water partition coefficient (Wildman–Crippen LogP) is 2.83. The normalized spacial score (nSPS) is 23.7. The summed E-state index contributed by atoms with van der Waals surface area (Å²) in [7, 11) is 0. The van der Waals surface area contributed by atoms with Crippen LogP contribution in [0.5, 0.6) is 0 Å². The second kappa shape index (κ2) is 7.38. The Balaban J connectivity index is 1.34. The molecule has 0 spiro atoms. The number of nitrogens with zero attached hydrogens (tertiary/aromatic N) is 4. The Hall–Kier alpha value is -2.96. The van der Waals surface area contributed by atoms with Crippen LogP contribution < -0.4 is 10.9 Å². The molecule has 0 aliphatic heterocycles. The minimum absolute atomic E-state index is 0.0253. The van der Waals surface area contributed by atoms with E-state index in [0.29, 0.717) is 17.0 Å². The minimum Gasteiger partial charge on any atom is -0.352 e. The number of carbonyl (C=O) groups excluding carboxylic acids is 1. The van der Waals surface area contributed by atoms with E-state index in [9.17, 15) is 9.59 Å². The Bertz CT molecular complexity index is 1160. The monoisotopic (exact) mass is 405 g/mol. The zero-order valence-corrected chi connectivity index (χ0v) is 17.4. The average Bonchev–Trinajstić information content (AvgIpc) is 3.46. The van der Waals surface area contributed by atoms with Crippen molar-refractivity contribution in [1.29, 1.82) is 0 Å². The first-order chi connectivity index (χ1) is 14.5. The second-order valence-corrected chi connectivity index (χ2v) is 8.95. The topological polar surface area (TPSA) is 81.8 Å². The van der Waals surface area contributed by atoms with Crippen molar-refractivity contribution in [3.05, 3.63) is 52.7 Å². The first kappa shape index (κ1) is 19.0. The van der Waals surface area contributed by atoms with Crippen LogP contribution in [0.15, 0.2) is 41.6 Å². The van der Waals surface area contributed by atoms with Crippen molar-refractivity contribution >= 4 is 16.9 Å². The van der Waals surface area contributed by atoms with E-state index in [2.05, 4.69) is 22.3 Å². The van der Waals surface area contributed by atoms with Crippen LogP contribution in [0.3, 0.4) is 0 Å². The summed E-state index contributed by atoms with van der Waals surface area (Å²) < 4.78 is 3.04. The molecule has 3 aromatic rings. The first-order valence-corrected chi connectivity index (χ1v) is 10.8. The fourth-order valence-corrected chi connectivity index (χ4v) is 5.51. The van der Waals surface area contributed by atoms with E-state index >= 15 is 0 Å². The number of fused-ring (bicyclic) bond motifs is 3. The molecular formula is C23H27N5O2. The van der Waals surface area contributed by atoms with Crippen LogP contribution >= 0.6 is 0 Å². The molecule has 2 aliphatic carbocycles. The lowest BCUT2D eigenvalue weighted by atomic mass is 9.84. The van der Waals surface area contributed by atoms with Crippen LogP contribution in [0.2, 0.25) is 0 Å². The van der Waals surface area contributed by atoms with E-state index < -0.39 is 0 Å². The number of amides is 1. The van der Waals surface area contributed by atoms with Crippen molar-refractivity contribution in [1.82, 2.24) is 24.6 Å². The Kier molecular flexibility index (Phi) is 4.68. The maximum absolute atomic E-state index is 12.9. The maximum Gasteiger partial charge on any atom is 0.264 e. The molecule has 1 aromatic carbocycles. The van der Waals surface area contributed by atoms with Gasteiger partial charge in [-0.25, -0.2) is 9.67 Å². The molecular weight excluding hydrogens is 378 g/mol. The Morgan fingerprint density at radius 1 is 1.27 bits per heavy atom. The molecule has 4 atom stereocenters. The molecule has 2 fully saturated rings. The zero-order chi connectivity index (χ0) is 20.8. The number of para-hydroxylation sites is 1. The molecule has 7 nitrogen and oxygen atoms in total. The summed E-state index contributed by atoms with van der Waals surface area (Å²) in [4.78, 5) is 30.0. The SMILES string of the molecule is Cc1ccccc1-n1ncc2c(=O)n(CC(=O)NC(C)C3CC4CCC3C4)cnc21. The summed E-state index contributed by atoms with van der Waals surface area (Å²) in [6, 6.07) is 7.97. The van der Waals surface area contributed by atoms with Gasteiger partial charge in [-0.2, -0.15) is 5.10 Å². The first-order valence-electron chi connectivity index (χ1n) is 10.8. The fraction of sp³-hybridized carbons (Fsp3) is 0.478. The highest BCUT2D eigenvalue weighted by Crippen LogP contribution is 2.49. The van der Waals surface area contributed by atoms with Gasteiger partial charge in [-0.1, -0.05) is 24.6 Å². The molecule has 0 saturated heterocycles. The Morgan fingerprint density at radius 3 is 2.83 bits per heavy atom. The van der Waals surface area contributed by atoms with Gasteiger partial charge in [0.15, 0.2) is 5.65 Å². The van der Waals surface area contributed by atoms with Gasteiger partial charge in [0.2, 0.25) is 5.91 Å². The molecule has 2 heterocycles. The fourth-order valence-electron chi connectivity index (χ4n) is 5.51. The molecule has 2 aromatic heterocycles. The number of aromatic nitrogens is 4. The van der Waals surface area contributed by atoms with Gasteiger partial charge >= 0.3 is 0 Å². The molecule has 2 saturated carbocycles. The molecule has 2 bridgehead atoms. The van der Waals surface area contributed by atoms with Crippen molar-refractivity contribution in [2.75, 3.05) is 0 Å². The third-order valence-corrected chi connectivity index (χ3v) is 7.04. The Morgan fingerprint density at radius 2 is 2.10 bits per heavy atom. The molecule has 156 valence electrons. The second-order valence-electron chi connectivity index (χ2n) is 8.95. The number of carbonyl (C=O) groups is 1. The average molecular weight is 406 g/mol. The molecule has 30 heavy (non-hydrogen) atoms. The van der Waals surface area contributed by atoms with Gasteiger partial charge in [0.1, 0.15) is 18.3 Å². The van der Waals surface area contributed by atoms with E-state index in [1.54, 1.807) is 4.68 Å². The molecule has 7 heteroatoms. The quantitative estimate of drug-likeness (QED) is 0.708. The lowest BCUT2D eigenvalue weighted by Crippen LogP contribution is -2.42. The predicted molar refractivity (Wildman–Crippen MR) is 114 cm³/mol. The van der Waals surface area contributed by atoms with Gasteiger partial charge in [0, 0.05) is 6.04 Å². The van der Waals surface area contributed by atoms with E-state index in [1.165, 1.54) is 42.8 Å². The number of rotatable bonds is 5. The lowest BCUT2D eigenvalue weighted by Gasteiger charge is -2.28. The van der Waals surface area contributed by atoms with E-state index in [1.807, 2.05) is 31.2 Å². The highest BCUT2D eigenvalue weighted by molar-refractivity contribution is 5.78. The summed E-state index contributed by atoms with van der Waals surface area (Å²) in [5, 5.41) is 7.90. The summed E-state index contributed by atoms with van der Waals surface area (Å²) in [5.74, 6) is 2.02. The molecule has 5 rings (SSSR count). The summed E-state index contributed by atoms with van der Waals surface area (Å²) in [6.07, 6.45) is 8.15. The highest BCUT2D eigenvalue weighted by atomic mass is 16.2. The summed E-state index contributed by atoms with van der Waals surface area (Å²) in [5.41, 5.74) is 2.18. The maximum atomic E-state index is 12.9. The number of benzene rings is 1. The Labute approximate surface area is 175 Å². The number of hydrogen-bond donors (Lipinski definition) is 1. The van der Waals surface area contributed by atoms with E-state index in [4.69, 9.17) is 0 Å². The molecule has 0 radical (unpaired) electrons. The van der Waals surface area contributed by atoms with Crippen molar-refractivity contribution in [3.8, 4) is 5.69 Å². The molecule has 4 unspecified atom stereocenters. The zero-order valence-electron chi connectivity index (χ0n) is 17.4. The van der Waals surface area contributed by atoms with Crippen molar-refractivity contribution in [2.24, 2.45) is 17.8 Å². The van der Waals surface area contributed by atoms with Crippen LogP contribution in [-0.2, 0) is 11.3 Å². The summed E-state index contributed by atoms with van der Waals surface area (Å²) in [6.45, 7) is 4.06. The highest BCUT2D eigenvalue weighted by Gasteiger charge is 2.42. The van der Waals surface area contributed by atoms with Gasteiger partial charge in [-0.15, -0.1) is 0 Å². The molecule has 2 aliphatic rings. The van der Waals surface area contributed by atoms with E-state index in [-0.39, 0.29) is 24.1 Å². The lowest BCUT2D eigenvalue weighted by molar-refractivity contribution is -0.122. The molecule has 1 amide bonds. The van der Waals surface area contributed by atoms with Gasteiger partial charge < -0.3 is 5.32 Å². The van der Waals surface area contributed by atoms with Crippen molar-refractivity contribution in [2.45, 2.75) is 52.1 Å². The van der Waals surface area contributed by atoms with E-state index in [0.717, 1.165) is 23.1 Å². The van der Waals surface area contributed by atoms with Crippen LogP contribution in [0, 0.1) is 24.7 Å². The largest absolute Gasteiger partial charge is 0.352 e. The number of hydrogen-bond acceptors (Lipinski definition) is 4.